The average Bonchev–Trinajstić information content (AvgIpc) is 2.78. The minimum Gasteiger partial charge on any atom is -0.508 e. The maximum Gasteiger partial charge on any atom is 0.246 e. The Morgan fingerprint density at radius 2 is 1.53 bits per heavy atom. The van der Waals surface area contributed by atoms with E-state index in [1.807, 2.05) is 44.2 Å². The lowest BCUT2D eigenvalue weighted by Gasteiger charge is -2.36. The first kappa shape index (κ1) is 26.9. The number of carbonyl (C=O) groups is 3. The van der Waals surface area contributed by atoms with Crippen LogP contribution in [0.25, 0.3) is 0 Å². The van der Waals surface area contributed by atoms with Crippen molar-refractivity contribution in [1.29, 1.82) is 0 Å². The van der Waals surface area contributed by atoms with Gasteiger partial charge in [-0.2, -0.15) is 0 Å². The summed E-state index contributed by atoms with van der Waals surface area (Å²) < 4.78 is 0. The molecule has 0 bridgehead atoms. The van der Waals surface area contributed by atoms with Crippen LogP contribution in [0.15, 0.2) is 48.5 Å². The van der Waals surface area contributed by atoms with Gasteiger partial charge in [0.15, 0.2) is 0 Å². The topological polar surface area (TPSA) is 130 Å². The maximum atomic E-state index is 13.5. The van der Waals surface area contributed by atoms with Gasteiger partial charge in [0.25, 0.3) is 0 Å². The fourth-order valence-corrected chi connectivity index (χ4v) is 4.11. The molecule has 184 valence electrons. The second-order valence-corrected chi connectivity index (χ2v) is 9.13. The molecule has 8 nitrogen and oxygen atoms in total. The molecule has 2 aromatic rings. The number of benzene rings is 2. The van der Waals surface area contributed by atoms with E-state index in [9.17, 15) is 19.5 Å². The lowest BCUT2D eigenvalue weighted by atomic mass is 9.97. The summed E-state index contributed by atoms with van der Waals surface area (Å²) in [5.41, 5.74) is 14.2. The van der Waals surface area contributed by atoms with Crippen LogP contribution >= 0.6 is 0 Å². The molecule has 0 aliphatic rings. The van der Waals surface area contributed by atoms with Crippen molar-refractivity contribution in [2.75, 3.05) is 14.1 Å². The van der Waals surface area contributed by atoms with Crippen molar-refractivity contribution in [3.05, 3.63) is 65.2 Å². The van der Waals surface area contributed by atoms with Crippen LogP contribution in [0.2, 0.25) is 0 Å². The fraction of sp³-hybridized carbons (Fsp3) is 0.423. The summed E-state index contributed by atoms with van der Waals surface area (Å²) in [4.78, 5) is 41.6. The van der Waals surface area contributed by atoms with Crippen molar-refractivity contribution in [3.63, 3.8) is 0 Å². The van der Waals surface area contributed by atoms with Gasteiger partial charge in [0, 0.05) is 20.5 Å². The average molecular weight is 469 g/mol. The van der Waals surface area contributed by atoms with E-state index in [0.29, 0.717) is 12.0 Å². The number of hydrogen-bond donors (Lipinski definition) is 3. The molecule has 2 aromatic carbocycles. The summed E-state index contributed by atoms with van der Waals surface area (Å²) in [5.74, 6) is -1.47. The Balaban J connectivity index is 2.21. The summed E-state index contributed by atoms with van der Waals surface area (Å²) in [6, 6.07) is 11.9. The van der Waals surface area contributed by atoms with Gasteiger partial charge in [-0.25, -0.2) is 0 Å². The Morgan fingerprint density at radius 3 is 2.06 bits per heavy atom. The van der Waals surface area contributed by atoms with Gasteiger partial charge in [-0.15, -0.1) is 0 Å². The third-order valence-electron chi connectivity index (χ3n) is 6.10. The van der Waals surface area contributed by atoms with Crippen LogP contribution in [0, 0.1) is 12.8 Å². The monoisotopic (exact) mass is 468 g/mol. The number of hydrogen-bond acceptors (Lipinski definition) is 5. The molecule has 5 N–H and O–H groups in total. The van der Waals surface area contributed by atoms with Crippen molar-refractivity contribution < 1.29 is 19.5 Å². The van der Waals surface area contributed by atoms with Crippen molar-refractivity contribution in [2.24, 2.45) is 17.4 Å². The molecule has 3 amide bonds. The van der Waals surface area contributed by atoms with Crippen LogP contribution in [-0.4, -0.2) is 64.8 Å². The van der Waals surface area contributed by atoms with Gasteiger partial charge >= 0.3 is 0 Å². The first-order valence-corrected chi connectivity index (χ1v) is 11.3. The highest BCUT2D eigenvalue weighted by Crippen LogP contribution is 2.21. The molecule has 3 atom stereocenters. The van der Waals surface area contributed by atoms with Gasteiger partial charge in [-0.05, 0) is 42.0 Å². The number of amides is 3. The smallest absolute Gasteiger partial charge is 0.246 e. The molecule has 0 heterocycles. The van der Waals surface area contributed by atoms with Gasteiger partial charge in [-0.3, -0.25) is 14.4 Å². The fourth-order valence-electron chi connectivity index (χ4n) is 4.11. The molecule has 0 aliphatic heterocycles. The number of phenolic OH excluding ortho intramolecular Hbond substituents is 1. The molecule has 2 rings (SSSR count). The summed E-state index contributed by atoms with van der Waals surface area (Å²) >= 11 is 0. The van der Waals surface area contributed by atoms with Crippen molar-refractivity contribution in [3.8, 4) is 5.75 Å². The number of carbonyl (C=O) groups excluding carboxylic acids is 3. The normalized spacial score (nSPS) is 13.7. The second kappa shape index (κ2) is 11.7. The Hall–Kier alpha value is -3.39. The zero-order valence-electron chi connectivity index (χ0n) is 20.6. The first-order valence-electron chi connectivity index (χ1n) is 11.3. The highest BCUT2D eigenvalue weighted by molar-refractivity contribution is 5.92. The largest absolute Gasteiger partial charge is 0.508 e. The Kier molecular flexibility index (Phi) is 9.20. The van der Waals surface area contributed by atoms with E-state index in [1.54, 1.807) is 32.2 Å². The van der Waals surface area contributed by atoms with E-state index in [1.165, 1.54) is 16.8 Å². The first-order chi connectivity index (χ1) is 15.9. The van der Waals surface area contributed by atoms with Crippen molar-refractivity contribution >= 4 is 17.7 Å². The predicted molar refractivity (Wildman–Crippen MR) is 132 cm³/mol. The van der Waals surface area contributed by atoms with Gasteiger partial charge in [0.05, 0.1) is 6.04 Å². The molecule has 0 radical (unpaired) electrons. The van der Waals surface area contributed by atoms with Gasteiger partial charge < -0.3 is 26.4 Å². The van der Waals surface area contributed by atoms with Crippen LogP contribution < -0.4 is 11.5 Å². The zero-order valence-corrected chi connectivity index (χ0v) is 20.6. The highest BCUT2D eigenvalue weighted by atomic mass is 16.3. The summed E-state index contributed by atoms with van der Waals surface area (Å²) in [5, 5.41) is 9.77. The van der Waals surface area contributed by atoms with Gasteiger partial charge in [0.1, 0.15) is 17.8 Å². The highest BCUT2D eigenvalue weighted by Gasteiger charge is 2.37. The molecule has 0 unspecified atom stereocenters. The number of phenols is 1. The minimum absolute atomic E-state index is 0.149. The molecule has 0 fully saturated rings. The molecule has 0 aromatic heterocycles. The van der Waals surface area contributed by atoms with E-state index in [-0.39, 0.29) is 24.0 Å². The van der Waals surface area contributed by atoms with Crippen molar-refractivity contribution in [2.45, 2.75) is 51.7 Å². The Labute approximate surface area is 201 Å². The minimum atomic E-state index is -0.917. The van der Waals surface area contributed by atoms with Gasteiger partial charge in [0.2, 0.25) is 17.7 Å². The van der Waals surface area contributed by atoms with Crippen molar-refractivity contribution in [1.82, 2.24) is 9.80 Å². The molecule has 34 heavy (non-hydrogen) atoms. The lowest BCUT2D eigenvalue weighted by molar-refractivity contribution is -0.149. The number of rotatable bonds is 10. The standard InChI is InChI=1S/C26H36N4O4/c1-16(2)23(30(5)25(33)20(27)14-18-9-7-6-8-10-18)26(34)29(4)21(24(28)32)15-19-11-12-22(31)17(3)13-19/h6-13,16,20-21,23,31H,14-15,27H2,1-5H3,(H2,28,32)/t20-,21-,23-/m0/s1. The number of aromatic hydroxyl groups is 1. The SMILES string of the molecule is Cc1cc(C[C@@H](C(N)=O)N(C)C(=O)[C@H](C(C)C)N(C)C(=O)[C@@H](N)Cc2ccccc2)ccc1O. The third kappa shape index (κ3) is 6.57. The number of likely N-dealkylation sites (N-methyl/N-ethyl adjacent to an activating group) is 2. The van der Waals surface area contributed by atoms with Crippen LogP contribution in [0.3, 0.4) is 0 Å². The van der Waals surface area contributed by atoms with E-state index >= 15 is 0 Å². The Morgan fingerprint density at radius 1 is 0.912 bits per heavy atom. The molecular weight excluding hydrogens is 432 g/mol. The van der Waals surface area contributed by atoms with E-state index < -0.39 is 29.9 Å². The molecular formula is C26H36N4O4. The van der Waals surface area contributed by atoms with Gasteiger partial charge in [-0.1, -0.05) is 56.3 Å². The molecule has 0 saturated carbocycles. The van der Waals surface area contributed by atoms with E-state index in [4.69, 9.17) is 11.5 Å². The van der Waals surface area contributed by atoms with E-state index in [0.717, 1.165) is 11.1 Å². The predicted octanol–water partition coefficient (Wildman–Crippen LogP) is 1.61. The van der Waals surface area contributed by atoms with Crippen LogP contribution in [0.4, 0.5) is 0 Å². The van der Waals surface area contributed by atoms with Crippen LogP contribution in [0.1, 0.15) is 30.5 Å². The Bertz CT molecular complexity index is 1010. The molecule has 8 heteroatoms. The zero-order chi connectivity index (χ0) is 25.6. The summed E-state index contributed by atoms with van der Waals surface area (Å²) in [7, 11) is 3.08. The number of primary amides is 1. The quantitative estimate of drug-likeness (QED) is 0.488. The second-order valence-electron chi connectivity index (χ2n) is 9.13. The number of aryl methyl sites for hydroxylation is 1. The number of nitrogens with zero attached hydrogens (tertiary/aromatic N) is 2. The van der Waals surface area contributed by atoms with Crippen LogP contribution in [0.5, 0.6) is 5.75 Å². The maximum absolute atomic E-state index is 13.5. The summed E-state index contributed by atoms with van der Waals surface area (Å²) in [6.45, 7) is 5.43. The molecule has 0 spiro atoms. The molecule has 0 saturated heterocycles. The van der Waals surface area contributed by atoms with E-state index in [2.05, 4.69) is 0 Å². The lowest BCUT2D eigenvalue weighted by Crippen LogP contribution is -2.58. The third-order valence-corrected chi connectivity index (χ3v) is 6.10. The summed E-state index contributed by atoms with van der Waals surface area (Å²) in [6.07, 6.45) is 0.539. The molecule has 0 aliphatic carbocycles. The van der Waals surface area contributed by atoms with Crippen LogP contribution in [-0.2, 0) is 27.2 Å². The number of nitrogens with two attached hydrogens (primary N) is 2.